The Hall–Kier alpha value is -1.75. The number of piperidine rings is 1. The first kappa shape index (κ1) is 22.5. The molecule has 1 amide bonds. The van der Waals surface area contributed by atoms with Crippen molar-refractivity contribution in [3.05, 3.63) is 64.7 Å². The summed E-state index contributed by atoms with van der Waals surface area (Å²) in [6.45, 7) is 2.11. The minimum atomic E-state index is -0.297. The molecule has 6 heteroatoms. The highest BCUT2D eigenvalue weighted by Crippen LogP contribution is 2.30. The Labute approximate surface area is 178 Å². The van der Waals surface area contributed by atoms with Gasteiger partial charge in [-0.05, 0) is 67.6 Å². The molecule has 1 saturated heterocycles. The van der Waals surface area contributed by atoms with Crippen LogP contribution in [0, 0.1) is 5.92 Å². The Balaban J connectivity index is 0.00000280. The van der Waals surface area contributed by atoms with Gasteiger partial charge in [-0.3, -0.25) is 4.79 Å². The van der Waals surface area contributed by atoms with Gasteiger partial charge in [0.1, 0.15) is 5.75 Å². The SMILES string of the molecule is COc1cccc(C(NC(=O)CCC2CCNCC2)c2ccccc2Cl)c1.Cl. The first-order valence-corrected chi connectivity index (χ1v) is 9.93. The Kier molecular flexibility index (Phi) is 9.10. The Morgan fingerprint density at radius 1 is 1.21 bits per heavy atom. The maximum atomic E-state index is 12.7. The molecule has 1 atom stereocenters. The van der Waals surface area contributed by atoms with E-state index < -0.39 is 0 Å². The first-order chi connectivity index (χ1) is 13.2. The molecule has 1 unspecified atom stereocenters. The van der Waals surface area contributed by atoms with E-state index in [0.29, 0.717) is 17.4 Å². The summed E-state index contributed by atoms with van der Waals surface area (Å²) in [7, 11) is 1.64. The van der Waals surface area contributed by atoms with Crippen LogP contribution in [0.15, 0.2) is 48.5 Å². The standard InChI is InChI=1S/C22H27ClN2O2.ClH/c1-27-18-6-4-5-17(15-18)22(19-7-2-3-8-20(19)23)25-21(26)10-9-16-11-13-24-14-12-16;/h2-8,15-16,22,24H,9-14H2,1H3,(H,25,26);1H. The number of nitrogens with one attached hydrogen (secondary N) is 2. The van der Waals surface area contributed by atoms with Crippen LogP contribution in [-0.4, -0.2) is 26.1 Å². The van der Waals surface area contributed by atoms with E-state index in [9.17, 15) is 4.79 Å². The highest BCUT2D eigenvalue weighted by Gasteiger charge is 2.21. The number of amides is 1. The van der Waals surface area contributed by atoms with Crippen LogP contribution in [0.2, 0.25) is 5.02 Å². The summed E-state index contributed by atoms with van der Waals surface area (Å²) in [5.41, 5.74) is 1.85. The normalized spacial score (nSPS) is 15.4. The van der Waals surface area contributed by atoms with Crippen LogP contribution in [-0.2, 0) is 4.79 Å². The molecule has 28 heavy (non-hydrogen) atoms. The molecule has 0 aliphatic carbocycles. The van der Waals surface area contributed by atoms with Crippen LogP contribution in [0.5, 0.6) is 5.75 Å². The van der Waals surface area contributed by atoms with Crippen LogP contribution >= 0.6 is 24.0 Å². The maximum absolute atomic E-state index is 12.7. The molecule has 1 heterocycles. The molecule has 3 rings (SSSR count). The molecule has 2 aromatic carbocycles. The van der Waals surface area contributed by atoms with Crippen LogP contribution in [0.1, 0.15) is 42.9 Å². The van der Waals surface area contributed by atoms with Gasteiger partial charge in [-0.15, -0.1) is 12.4 Å². The molecule has 2 N–H and O–H groups in total. The van der Waals surface area contributed by atoms with Gasteiger partial charge in [-0.1, -0.05) is 41.9 Å². The highest BCUT2D eigenvalue weighted by atomic mass is 35.5. The van der Waals surface area contributed by atoms with Gasteiger partial charge >= 0.3 is 0 Å². The van der Waals surface area contributed by atoms with Gasteiger partial charge in [-0.2, -0.15) is 0 Å². The highest BCUT2D eigenvalue weighted by molar-refractivity contribution is 6.31. The summed E-state index contributed by atoms with van der Waals surface area (Å²) < 4.78 is 5.35. The van der Waals surface area contributed by atoms with Gasteiger partial charge in [0, 0.05) is 11.4 Å². The molecule has 152 valence electrons. The van der Waals surface area contributed by atoms with Crippen molar-refractivity contribution in [3.8, 4) is 5.75 Å². The van der Waals surface area contributed by atoms with E-state index in [1.807, 2.05) is 48.5 Å². The van der Waals surface area contributed by atoms with Crippen molar-refractivity contribution in [2.75, 3.05) is 20.2 Å². The van der Waals surface area contributed by atoms with Crippen molar-refractivity contribution >= 4 is 29.9 Å². The fourth-order valence-corrected chi connectivity index (χ4v) is 3.85. The van der Waals surface area contributed by atoms with Crippen molar-refractivity contribution in [2.24, 2.45) is 5.92 Å². The molecular weight excluding hydrogens is 395 g/mol. The number of hydrogen-bond donors (Lipinski definition) is 2. The largest absolute Gasteiger partial charge is 0.497 e. The van der Waals surface area contributed by atoms with Crippen LogP contribution in [0.25, 0.3) is 0 Å². The molecule has 1 fully saturated rings. The monoisotopic (exact) mass is 422 g/mol. The molecular formula is C22H28Cl2N2O2. The zero-order valence-corrected chi connectivity index (χ0v) is 17.7. The van der Waals surface area contributed by atoms with E-state index >= 15 is 0 Å². The van der Waals surface area contributed by atoms with Gasteiger partial charge in [0.05, 0.1) is 13.2 Å². The summed E-state index contributed by atoms with van der Waals surface area (Å²) >= 11 is 6.44. The van der Waals surface area contributed by atoms with Crippen molar-refractivity contribution in [2.45, 2.75) is 31.7 Å². The van der Waals surface area contributed by atoms with E-state index in [0.717, 1.165) is 49.2 Å². The van der Waals surface area contributed by atoms with E-state index in [1.165, 1.54) is 0 Å². The number of rotatable bonds is 7. The van der Waals surface area contributed by atoms with E-state index in [-0.39, 0.29) is 24.4 Å². The van der Waals surface area contributed by atoms with Crippen LogP contribution < -0.4 is 15.4 Å². The number of methoxy groups -OCH3 is 1. The second-order valence-corrected chi connectivity index (χ2v) is 7.44. The number of benzene rings is 2. The summed E-state index contributed by atoms with van der Waals surface area (Å²) in [4.78, 5) is 12.7. The minimum absolute atomic E-state index is 0. The van der Waals surface area contributed by atoms with Gasteiger partial charge in [0.15, 0.2) is 0 Å². The van der Waals surface area contributed by atoms with Gasteiger partial charge in [-0.25, -0.2) is 0 Å². The molecule has 0 spiro atoms. The third kappa shape index (κ3) is 6.13. The second kappa shape index (κ2) is 11.3. The maximum Gasteiger partial charge on any atom is 0.220 e. The van der Waals surface area contributed by atoms with Gasteiger partial charge < -0.3 is 15.4 Å². The molecule has 4 nitrogen and oxygen atoms in total. The fraction of sp³-hybridized carbons (Fsp3) is 0.409. The number of ether oxygens (including phenoxy) is 1. The molecule has 1 aliphatic rings. The van der Waals surface area contributed by atoms with Gasteiger partial charge in [0.25, 0.3) is 0 Å². The number of halogens is 2. The number of carbonyl (C=O) groups is 1. The lowest BCUT2D eigenvalue weighted by atomic mass is 9.92. The van der Waals surface area contributed by atoms with Crippen molar-refractivity contribution in [1.29, 1.82) is 0 Å². The topological polar surface area (TPSA) is 50.4 Å². The van der Waals surface area contributed by atoms with Crippen molar-refractivity contribution < 1.29 is 9.53 Å². The molecule has 0 bridgehead atoms. The van der Waals surface area contributed by atoms with Gasteiger partial charge in [0.2, 0.25) is 5.91 Å². The first-order valence-electron chi connectivity index (χ1n) is 9.56. The zero-order valence-electron chi connectivity index (χ0n) is 16.1. The van der Waals surface area contributed by atoms with E-state index in [1.54, 1.807) is 7.11 Å². The fourth-order valence-electron chi connectivity index (χ4n) is 3.61. The van der Waals surface area contributed by atoms with Crippen LogP contribution in [0.4, 0.5) is 0 Å². The predicted octanol–water partition coefficient (Wildman–Crippen LogP) is 4.76. The van der Waals surface area contributed by atoms with Crippen molar-refractivity contribution in [3.63, 3.8) is 0 Å². The summed E-state index contributed by atoms with van der Waals surface area (Å²) in [6, 6.07) is 15.1. The predicted molar refractivity (Wildman–Crippen MR) is 117 cm³/mol. The van der Waals surface area contributed by atoms with Crippen LogP contribution in [0.3, 0.4) is 0 Å². The molecule has 0 saturated carbocycles. The average Bonchev–Trinajstić information content (AvgIpc) is 2.72. The lowest BCUT2D eigenvalue weighted by molar-refractivity contribution is -0.121. The smallest absolute Gasteiger partial charge is 0.220 e. The Bertz CT molecular complexity index is 764. The Morgan fingerprint density at radius 2 is 1.96 bits per heavy atom. The van der Waals surface area contributed by atoms with E-state index in [4.69, 9.17) is 16.3 Å². The van der Waals surface area contributed by atoms with Crippen molar-refractivity contribution in [1.82, 2.24) is 10.6 Å². The molecule has 2 aromatic rings. The number of hydrogen-bond acceptors (Lipinski definition) is 3. The lowest BCUT2D eigenvalue weighted by Crippen LogP contribution is -2.31. The summed E-state index contributed by atoms with van der Waals surface area (Å²) in [5, 5.41) is 7.20. The molecule has 1 aliphatic heterocycles. The summed E-state index contributed by atoms with van der Waals surface area (Å²) in [6.07, 6.45) is 3.77. The quantitative estimate of drug-likeness (QED) is 0.676. The second-order valence-electron chi connectivity index (χ2n) is 7.03. The Morgan fingerprint density at radius 3 is 2.68 bits per heavy atom. The average molecular weight is 423 g/mol. The lowest BCUT2D eigenvalue weighted by Gasteiger charge is -2.24. The zero-order chi connectivity index (χ0) is 19.1. The third-order valence-electron chi connectivity index (χ3n) is 5.19. The number of carbonyl (C=O) groups excluding carboxylic acids is 1. The molecule has 0 aromatic heterocycles. The molecule has 0 radical (unpaired) electrons. The minimum Gasteiger partial charge on any atom is -0.497 e. The summed E-state index contributed by atoms with van der Waals surface area (Å²) in [5.74, 6) is 1.45. The van der Waals surface area contributed by atoms with E-state index in [2.05, 4.69) is 10.6 Å². The third-order valence-corrected chi connectivity index (χ3v) is 5.53.